The number of nitrogens with zero attached hydrogens (tertiary/aromatic N) is 4. The zero-order valence-electron chi connectivity index (χ0n) is 18.8. The Morgan fingerprint density at radius 1 is 1.35 bits per heavy atom. The van der Waals surface area contributed by atoms with Gasteiger partial charge in [0.15, 0.2) is 0 Å². The minimum absolute atomic E-state index is 0.0469. The summed E-state index contributed by atoms with van der Waals surface area (Å²) < 4.78 is 31.8. The second kappa shape index (κ2) is 10.5. The van der Waals surface area contributed by atoms with Gasteiger partial charge >= 0.3 is 5.97 Å². The fourth-order valence-corrected chi connectivity index (χ4v) is 4.81. The number of aryl methyl sites for hydroxylation is 1. The third kappa shape index (κ3) is 5.79. The molecule has 0 atom stereocenters. The Balaban J connectivity index is 1.65. The van der Waals surface area contributed by atoms with Crippen LogP contribution in [-0.4, -0.2) is 55.1 Å². The number of esters is 1. The largest absolute Gasteiger partial charge is 0.506 e. The van der Waals surface area contributed by atoms with Gasteiger partial charge < -0.3 is 14.7 Å². The highest BCUT2D eigenvalue weighted by molar-refractivity contribution is 7.89. The number of hydrogen-bond acceptors (Lipinski definition) is 10. The molecule has 11 nitrogen and oxygen atoms in total. The lowest BCUT2D eigenvalue weighted by molar-refractivity contribution is -0.123. The lowest BCUT2D eigenvalue weighted by atomic mass is 9.96. The van der Waals surface area contributed by atoms with Crippen LogP contribution in [0.1, 0.15) is 47.1 Å². The van der Waals surface area contributed by atoms with Crippen LogP contribution in [0.2, 0.25) is 0 Å². The van der Waals surface area contributed by atoms with E-state index in [1.54, 1.807) is 13.8 Å². The Labute approximate surface area is 197 Å². The van der Waals surface area contributed by atoms with Crippen molar-refractivity contribution < 1.29 is 27.9 Å². The van der Waals surface area contributed by atoms with Crippen LogP contribution in [0.5, 0.6) is 5.75 Å². The summed E-state index contributed by atoms with van der Waals surface area (Å²) >= 11 is 0. The van der Waals surface area contributed by atoms with Gasteiger partial charge in [0.25, 0.3) is 0 Å². The number of pyridine rings is 2. The van der Waals surface area contributed by atoms with Gasteiger partial charge in [-0.1, -0.05) is 0 Å². The van der Waals surface area contributed by atoms with E-state index in [4.69, 9.17) is 4.74 Å². The minimum atomic E-state index is -4.04. The fraction of sp³-hybridized carbons (Fsp3) is 0.409. The third-order valence-electron chi connectivity index (χ3n) is 5.42. The zero-order chi connectivity index (χ0) is 24.9. The molecule has 0 spiro atoms. The van der Waals surface area contributed by atoms with E-state index in [1.165, 1.54) is 24.4 Å². The Hall–Kier alpha value is -3.72. The summed E-state index contributed by atoms with van der Waals surface area (Å²) in [6, 6.07) is 6.29. The highest BCUT2D eigenvalue weighted by Crippen LogP contribution is 2.27. The van der Waals surface area contributed by atoms with Crippen molar-refractivity contribution in [3.8, 4) is 11.8 Å². The van der Waals surface area contributed by atoms with E-state index in [0.717, 1.165) is 0 Å². The Morgan fingerprint density at radius 3 is 2.68 bits per heavy atom. The van der Waals surface area contributed by atoms with E-state index in [9.17, 15) is 28.4 Å². The van der Waals surface area contributed by atoms with Crippen molar-refractivity contribution in [2.24, 2.45) is 5.92 Å². The lowest BCUT2D eigenvalue weighted by Gasteiger charge is -2.32. The summed E-state index contributed by atoms with van der Waals surface area (Å²) in [5.74, 6) is -2.20. The second-order valence-electron chi connectivity index (χ2n) is 7.78. The molecule has 0 aromatic carbocycles. The number of aromatic nitrogens is 2. The van der Waals surface area contributed by atoms with E-state index in [1.807, 2.05) is 4.90 Å². The average molecular weight is 488 g/mol. The van der Waals surface area contributed by atoms with Gasteiger partial charge in [-0.2, -0.15) is 5.26 Å². The first-order valence-corrected chi connectivity index (χ1v) is 12.3. The van der Waals surface area contributed by atoms with Crippen molar-refractivity contribution in [3.63, 3.8) is 0 Å². The normalized spacial score (nSPS) is 14.3. The number of sulfonamides is 1. The molecule has 0 radical (unpaired) electrons. The first-order chi connectivity index (χ1) is 16.1. The molecule has 34 heavy (non-hydrogen) atoms. The predicted molar refractivity (Wildman–Crippen MR) is 121 cm³/mol. The van der Waals surface area contributed by atoms with E-state index < -0.39 is 33.6 Å². The highest BCUT2D eigenvalue weighted by atomic mass is 32.2. The van der Waals surface area contributed by atoms with Gasteiger partial charge in [-0.05, 0) is 44.9 Å². The maximum Gasteiger partial charge on any atom is 0.340 e. The molecule has 3 heterocycles. The molecule has 0 saturated carbocycles. The Bertz CT molecular complexity index is 1230. The molecular formula is C22H25N5O6S. The SMILES string of the molecule is CCOC(=O)c1cc(C#N)c(N2CCC(C(=O)NS(=O)(=O)Cc3ncccc3O)CC2)nc1C. The molecule has 3 rings (SSSR count). The molecule has 1 saturated heterocycles. The van der Waals surface area contributed by atoms with E-state index in [2.05, 4.69) is 20.8 Å². The second-order valence-corrected chi connectivity index (χ2v) is 9.50. The number of carbonyl (C=O) groups is 2. The van der Waals surface area contributed by atoms with Crippen LogP contribution in [0.4, 0.5) is 5.82 Å². The molecule has 2 aromatic heterocycles. The van der Waals surface area contributed by atoms with Gasteiger partial charge in [-0.15, -0.1) is 0 Å². The molecular weight excluding hydrogens is 462 g/mol. The van der Waals surface area contributed by atoms with Crippen molar-refractivity contribution in [1.29, 1.82) is 5.26 Å². The lowest BCUT2D eigenvalue weighted by Crippen LogP contribution is -2.43. The average Bonchev–Trinajstić information content (AvgIpc) is 2.80. The molecule has 2 N–H and O–H groups in total. The summed E-state index contributed by atoms with van der Waals surface area (Å²) in [5, 5.41) is 19.3. The van der Waals surface area contributed by atoms with Crippen molar-refractivity contribution in [3.05, 3.63) is 46.9 Å². The molecule has 1 fully saturated rings. The number of aromatic hydroxyl groups is 1. The number of rotatable bonds is 7. The number of anilines is 1. The molecule has 0 aliphatic carbocycles. The topological polar surface area (TPSA) is 163 Å². The summed E-state index contributed by atoms with van der Waals surface area (Å²) in [6.45, 7) is 4.30. The summed E-state index contributed by atoms with van der Waals surface area (Å²) in [7, 11) is -4.04. The number of ether oxygens (including phenoxy) is 1. The molecule has 1 aliphatic rings. The molecule has 1 aliphatic heterocycles. The number of carbonyl (C=O) groups excluding carboxylic acids is 2. The maximum absolute atomic E-state index is 12.6. The molecule has 2 aromatic rings. The highest BCUT2D eigenvalue weighted by Gasteiger charge is 2.30. The standard InChI is InChI=1S/C22H25N5O6S/c1-3-33-22(30)17-11-16(12-23)20(25-14(17)2)27-9-6-15(7-10-27)21(29)26-34(31,32)13-18-19(28)5-4-8-24-18/h4-5,8,11,15,28H,3,6-7,9-10,13H2,1-2H3,(H,26,29). The van der Waals surface area contributed by atoms with Crippen LogP contribution < -0.4 is 9.62 Å². The number of nitrogens with one attached hydrogen (secondary N) is 1. The van der Waals surface area contributed by atoms with Crippen LogP contribution in [0.3, 0.4) is 0 Å². The van der Waals surface area contributed by atoms with Gasteiger partial charge in [0, 0.05) is 25.2 Å². The Morgan fingerprint density at radius 2 is 2.06 bits per heavy atom. The van der Waals surface area contributed by atoms with Crippen molar-refractivity contribution in [1.82, 2.24) is 14.7 Å². The summed E-state index contributed by atoms with van der Waals surface area (Å²) in [4.78, 5) is 34.8. The van der Waals surface area contributed by atoms with Crippen LogP contribution in [0, 0.1) is 24.2 Å². The van der Waals surface area contributed by atoms with Gasteiger partial charge in [-0.25, -0.2) is 18.2 Å². The first-order valence-electron chi connectivity index (χ1n) is 10.7. The monoisotopic (exact) mass is 487 g/mol. The van der Waals surface area contributed by atoms with Gasteiger partial charge in [-0.3, -0.25) is 14.5 Å². The number of amides is 1. The van der Waals surface area contributed by atoms with Crippen LogP contribution in [0.25, 0.3) is 0 Å². The minimum Gasteiger partial charge on any atom is -0.506 e. The van der Waals surface area contributed by atoms with E-state index >= 15 is 0 Å². The van der Waals surface area contributed by atoms with E-state index in [-0.39, 0.29) is 29.2 Å². The maximum atomic E-state index is 12.6. The van der Waals surface area contributed by atoms with Crippen LogP contribution >= 0.6 is 0 Å². The molecule has 12 heteroatoms. The van der Waals surface area contributed by atoms with E-state index in [0.29, 0.717) is 37.4 Å². The fourth-order valence-electron chi connectivity index (χ4n) is 3.68. The number of hydrogen-bond donors (Lipinski definition) is 2. The number of piperidine rings is 1. The van der Waals surface area contributed by atoms with Crippen LogP contribution in [0.15, 0.2) is 24.4 Å². The molecule has 180 valence electrons. The molecule has 0 unspecified atom stereocenters. The molecule has 1 amide bonds. The van der Waals surface area contributed by atoms with Crippen LogP contribution in [-0.2, 0) is 25.3 Å². The molecule has 0 bridgehead atoms. The summed E-state index contributed by atoms with van der Waals surface area (Å²) in [6.07, 6.45) is 2.05. The smallest absolute Gasteiger partial charge is 0.340 e. The predicted octanol–water partition coefficient (Wildman–Crippen LogP) is 1.40. The van der Waals surface area contributed by atoms with Gasteiger partial charge in [0.05, 0.1) is 29.1 Å². The van der Waals surface area contributed by atoms with Gasteiger partial charge in [0.1, 0.15) is 23.4 Å². The quantitative estimate of drug-likeness (QED) is 0.546. The first kappa shape index (κ1) is 24.9. The van der Waals surface area contributed by atoms with Crippen molar-refractivity contribution in [2.75, 3.05) is 24.6 Å². The van der Waals surface area contributed by atoms with Crippen molar-refractivity contribution >= 4 is 27.7 Å². The Kier molecular flexibility index (Phi) is 7.68. The van der Waals surface area contributed by atoms with Crippen molar-refractivity contribution in [2.45, 2.75) is 32.4 Å². The summed E-state index contributed by atoms with van der Waals surface area (Å²) in [5.41, 5.74) is 0.820. The van der Waals surface area contributed by atoms with Gasteiger partial charge in [0.2, 0.25) is 15.9 Å². The number of nitriles is 1. The third-order valence-corrected chi connectivity index (χ3v) is 6.59. The zero-order valence-corrected chi connectivity index (χ0v) is 19.6.